The molecule has 2 aromatic carbocycles. The quantitative estimate of drug-likeness (QED) is 0.409. The van der Waals surface area contributed by atoms with Crippen molar-refractivity contribution in [2.45, 2.75) is 17.7 Å². The number of aromatic nitrogens is 2. The number of thioether (sulfide) groups is 1. The van der Waals surface area contributed by atoms with Crippen LogP contribution in [0.2, 0.25) is 0 Å². The molecule has 0 spiro atoms. The molecule has 0 saturated heterocycles. The molecular weight excluding hydrogens is 425 g/mol. The van der Waals surface area contributed by atoms with E-state index in [0.717, 1.165) is 11.1 Å². The molecule has 2 N–H and O–H groups in total. The van der Waals surface area contributed by atoms with Crippen LogP contribution < -0.4 is 5.73 Å². The molecule has 0 unspecified atom stereocenters. The van der Waals surface area contributed by atoms with Gasteiger partial charge < -0.3 is 10.2 Å². The number of anilines is 1. The van der Waals surface area contributed by atoms with Gasteiger partial charge in [0.15, 0.2) is 0 Å². The highest BCUT2D eigenvalue weighted by atomic mass is 32.2. The minimum Gasteiger partial charge on any atom is -0.444 e. The van der Waals surface area contributed by atoms with Gasteiger partial charge in [-0.25, -0.2) is 14.4 Å². The number of benzene rings is 2. The molecule has 0 aliphatic carbocycles. The molecule has 2 aromatic heterocycles. The van der Waals surface area contributed by atoms with Gasteiger partial charge >= 0.3 is 0 Å². The fourth-order valence-electron chi connectivity index (χ4n) is 3.15. The second-order valence-corrected chi connectivity index (χ2v) is 7.92. The van der Waals surface area contributed by atoms with E-state index in [1.807, 2.05) is 31.2 Å². The van der Waals surface area contributed by atoms with Crippen LogP contribution in [-0.2, 0) is 5.75 Å². The molecule has 0 saturated carbocycles. The van der Waals surface area contributed by atoms with E-state index in [1.54, 1.807) is 12.1 Å². The highest BCUT2D eigenvalue weighted by Crippen LogP contribution is 2.36. The van der Waals surface area contributed by atoms with Crippen molar-refractivity contribution in [1.82, 2.24) is 9.97 Å². The van der Waals surface area contributed by atoms with Gasteiger partial charge in [0.1, 0.15) is 40.6 Å². The zero-order chi connectivity index (χ0) is 22.7. The molecule has 0 atom stereocenters. The Bertz CT molecular complexity index is 1370. The number of pyridine rings is 1. The van der Waals surface area contributed by atoms with E-state index < -0.39 is 0 Å². The molecule has 0 aliphatic rings. The Kier molecular flexibility index (Phi) is 5.89. The largest absolute Gasteiger partial charge is 0.444 e. The number of nitrogen functional groups attached to an aromatic ring is 1. The number of oxazole rings is 1. The van der Waals surface area contributed by atoms with Crippen molar-refractivity contribution in [1.29, 1.82) is 10.5 Å². The fraction of sp³-hybridized carbons (Fsp3) is 0.0833. The Morgan fingerprint density at radius 3 is 2.28 bits per heavy atom. The maximum Gasteiger partial charge on any atom is 0.226 e. The minimum atomic E-state index is -0.339. The van der Waals surface area contributed by atoms with Crippen LogP contribution >= 0.6 is 11.8 Å². The molecule has 0 fully saturated rings. The molecule has 156 valence electrons. The summed E-state index contributed by atoms with van der Waals surface area (Å²) < 4.78 is 18.6. The Labute approximate surface area is 188 Å². The van der Waals surface area contributed by atoms with E-state index in [0.29, 0.717) is 33.5 Å². The number of hydrogen-bond acceptors (Lipinski definition) is 7. The molecule has 2 heterocycles. The molecule has 0 aliphatic heterocycles. The van der Waals surface area contributed by atoms with Gasteiger partial charge in [-0.15, -0.1) is 0 Å². The average molecular weight is 441 g/mol. The molecule has 32 heavy (non-hydrogen) atoms. The van der Waals surface area contributed by atoms with Gasteiger partial charge in [-0.05, 0) is 36.8 Å². The topological polar surface area (TPSA) is 113 Å². The predicted octanol–water partition coefficient (Wildman–Crippen LogP) is 5.47. The summed E-state index contributed by atoms with van der Waals surface area (Å²) in [6, 6.07) is 17.6. The number of halogens is 1. The van der Waals surface area contributed by atoms with Gasteiger partial charge in [0.05, 0.1) is 11.3 Å². The summed E-state index contributed by atoms with van der Waals surface area (Å²) in [5.41, 5.74) is 10.1. The van der Waals surface area contributed by atoms with Gasteiger partial charge in [-0.1, -0.05) is 41.6 Å². The normalized spacial score (nSPS) is 10.5. The molecular formula is C24H16FN5OS. The average Bonchev–Trinajstić information content (AvgIpc) is 3.27. The van der Waals surface area contributed by atoms with Crippen LogP contribution in [0.1, 0.15) is 22.4 Å². The lowest BCUT2D eigenvalue weighted by atomic mass is 9.96. The summed E-state index contributed by atoms with van der Waals surface area (Å²) >= 11 is 1.28. The highest BCUT2D eigenvalue weighted by Gasteiger charge is 2.21. The molecule has 4 aromatic rings. The van der Waals surface area contributed by atoms with Crippen LogP contribution in [0.4, 0.5) is 10.2 Å². The number of nitriles is 2. The van der Waals surface area contributed by atoms with Crippen molar-refractivity contribution >= 4 is 17.6 Å². The van der Waals surface area contributed by atoms with E-state index >= 15 is 0 Å². The second kappa shape index (κ2) is 8.93. The Morgan fingerprint density at radius 2 is 1.62 bits per heavy atom. The van der Waals surface area contributed by atoms with E-state index in [4.69, 9.17) is 10.2 Å². The van der Waals surface area contributed by atoms with Crippen molar-refractivity contribution < 1.29 is 8.81 Å². The summed E-state index contributed by atoms with van der Waals surface area (Å²) in [5, 5.41) is 19.9. The van der Waals surface area contributed by atoms with Gasteiger partial charge in [0, 0.05) is 16.9 Å². The SMILES string of the molecule is Cc1ccc(-c2c(C#N)c(N)nc(SCc3coc(-c4ccc(F)cc4)n3)c2C#N)cc1. The van der Waals surface area contributed by atoms with Gasteiger partial charge in [0.25, 0.3) is 0 Å². The van der Waals surface area contributed by atoms with E-state index in [1.165, 1.54) is 30.2 Å². The third-order valence-corrected chi connectivity index (χ3v) is 5.76. The maximum absolute atomic E-state index is 13.1. The Morgan fingerprint density at radius 1 is 0.969 bits per heavy atom. The number of hydrogen-bond donors (Lipinski definition) is 1. The first-order chi connectivity index (χ1) is 15.5. The molecule has 0 radical (unpaired) electrons. The summed E-state index contributed by atoms with van der Waals surface area (Å²) in [6.07, 6.45) is 1.51. The first-order valence-corrected chi connectivity index (χ1v) is 10.5. The van der Waals surface area contributed by atoms with Crippen molar-refractivity contribution in [3.8, 4) is 34.7 Å². The van der Waals surface area contributed by atoms with E-state index in [-0.39, 0.29) is 22.8 Å². The first kappa shape index (κ1) is 21.1. The van der Waals surface area contributed by atoms with Gasteiger partial charge in [-0.3, -0.25) is 0 Å². The lowest BCUT2D eigenvalue weighted by molar-refractivity contribution is 0.573. The Hall–Kier alpha value is -4.14. The van der Waals surface area contributed by atoms with Crippen molar-refractivity contribution in [3.05, 3.63) is 83.0 Å². The molecule has 4 rings (SSSR count). The monoisotopic (exact) mass is 441 g/mol. The lowest BCUT2D eigenvalue weighted by Gasteiger charge is -2.12. The van der Waals surface area contributed by atoms with E-state index in [9.17, 15) is 14.9 Å². The summed E-state index contributed by atoms with van der Waals surface area (Å²) in [7, 11) is 0. The minimum absolute atomic E-state index is 0.0664. The number of nitrogens with zero attached hydrogens (tertiary/aromatic N) is 4. The predicted molar refractivity (Wildman–Crippen MR) is 120 cm³/mol. The fourth-order valence-corrected chi connectivity index (χ4v) is 4.02. The van der Waals surface area contributed by atoms with E-state index in [2.05, 4.69) is 22.1 Å². The standard InChI is InChI=1S/C24H16FN5OS/c1-14-2-4-15(5-3-14)21-19(10-26)22(28)30-24(20(21)11-27)32-13-18-12-31-23(29-18)16-6-8-17(25)9-7-16/h2-9,12H,13H2,1H3,(H2,28,30). The van der Waals surface area contributed by atoms with Gasteiger partial charge in [0.2, 0.25) is 5.89 Å². The second-order valence-electron chi connectivity index (χ2n) is 6.96. The summed E-state index contributed by atoms with van der Waals surface area (Å²) in [4.78, 5) is 8.73. The van der Waals surface area contributed by atoms with Crippen molar-refractivity contribution in [3.63, 3.8) is 0 Å². The van der Waals surface area contributed by atoms with Crippen molar-refractivity contribution in [2.75, 3.05) is 5.73 Å². The smallest absolute Gasteiger partial charge is 0.226 e. The van der Waals surface area contributed by atoms with Gasteiger partial charge in [-0.2, -0.15) is 10.5 Å². The number of nitrogens with two attached hydrogens (primary N) is 1. The Balaban J connectivity index is 1.66. The lowest BCUT2D eigenvalue weighted by Crippen LogP contribution is -2.03. The zero-order valence-electron chi connectivity index (χ0n) is 17.0. The van der Waals surface area contributed by atoms with Crippen LogP contribution in [0.3, 0.4) is 0 Å². The number of rotatable bonds is 5. The summed E-state index contributed by atoms with van der Waals surface area (Å²) in [5.74, 6) is 0.463. The third-order valence-electron chi connectivity index (χ3n) is 4.76. The zero-order valence-corrected chi connectivity index (χ0v) is 17.8. The third kappa shape index (κ3) is 4.18. The van der Waals surface area contributed by atoms with Crippen LogP contribution in [0, 0.1) is 35.4 Å². The summed E-state index contributed by atoms with van der Waals surface area (Å²) in [6.45, 7) is 1.96. The first-order valence-electron chi connectivity index (χ1n) is 9.54. The molecule has 8 heteroatoms. The highest BCUT2D eigenvalue weighted by molar-refractivity contribution is 7.98. The maximum atomic E-state index is 13.1. The van der Waals surface area contributed by atoms with Crippen LogP contribution in [0.15, 0.2) is 64.2 Å². The van der Waals surface area contributed by atoms with Crippen LogP contribution in [0.5, 0.6) is 0 Å². The molecule has 0 amide bonds. The van der Waals surface area contributed by atoms with Crippen LogP contribution in [0.25, 0.3) is 22.6 Å². The van der Waals surface area contributed by atoms with Crippen LogP contribution in [-0.4, -0.2) is 9.97 Å². The molecule has 0 bridgehead atoms. The molecule has 6 nitrogen and oxygen atoms in total. The number of aryl methyl sites for hydroxylation is 1. The van der Waals surface area contributed by atoms with Crippen molar-refractivity contribution in [2.24, 2.45) is 0 Å².